The van der Waals surface area contributed by atoms with Gasteiger partial charge in [-0.25, -0.2) is 0 Å². The number of carbonyl (C=O) groups excluding carboxylic acids is 2. The van der Waals surface area contributed by atoms with E-state index in [1.165, 1.54) is 17.0 Å². The maximum Gasteiger partial charge on any atom is 0.416 e. The van der Waals surface area contributed by atoms with Gasteiger partial charge < -0.3 is 10.6 Å². The summed E-state index contributed by atoms with van der Waals surface area (Å²) in [6.07, 6.45) is -3.00. The highest BCUT2D eigenvalue weighted by molar-refractivity contribution is 5.97. The Balaban J connectivity index is 1.79. The van der Waals surface area contributed by atoms with Gasteiger partial charge in [-0.2, -0.15) is 13.2 Å². The minimum Gasteiger partial charge on any atom is -0.355 e. The van der Waals surface area contributed by atoms with Gasteiger partial charge in [-0.15, -0.1) is 0 Å². The molecule has 26 heavy (non-hydrogen) atoms. The summed E-state index contributed by atoms with van der Waals surface area (Å²) in [6.45, 7) is 0.877. The molecule has 1 aliphatic heterocycles. The lowest BCUT2D eigenvalue weighted by Gasteiger charge is -2.25. The number of benzene rings is 1. The van der Waals surface area contributed by atoms with Gasteiger partial charge in [0.25, 0.3) is 0 Å². The fraction of sp³-hybridized carbons (Fsp3) is 0.471. The van der Waals surface area contributed by atoms with Gasteiger partial charge in [0.1, 0.15) is 0 Å². The number of alkyl halides is 3. The van der Waals surface area contributed by atoms with E-state index in [1.54, 1.807) is 7.05 Å². The van der Waals surface area contributed by atoms with E-state index >= 15 is 0 Å². The second-order valence-electron chi connectivity index (χ2n) is 5.84. The van der Waals surface area contributed by atoms with Crippen LogP contribution in [0.4, 0.5) is 13.2 Å². The van der Waals surface area contributed by atoms with E-state index in [0.29, 0.717) is 43.9 Å². The van der Waals surface area contributed by atoms with Gasteiger partial charge in [0.05, 0.1) is 5.56 Å². The molecule has 0 saturated carbocycles. The zero-order chi connectivity index (χ0) is 19.2. The van der Waals surface area contributed by atoms with Crippen LogP contribution < -0.4 is 10.6 Å². The molecule has 0 bridgehead atoms. The monoisotopic (exact) mass is 370 g/mol. The summed E-state index contributed by atoms with van der Waals surface area (Å²) >= 11 is 0. The summed E-state index contributed by atoms with van der Waals surface area (Å²) in [5.74, 6) is 0.0910. The van der Waals surface area contributed by atoms with Crippen LogP contribution in [0.25, 0.3) is 0 Å². The molecule has 0 spiro atoms. The van der Waals surface area contributed by atoms with Crippen molar-refractivity contribution in [1.29, 1.82) is 0 Å². The van der Waals surface area contributed by atoms with Crippen molar-refractivity contribution >= 4 is 17.8 Å². The molecule has 0 aromatic heterocycles. The molecule has 9 heteroatoms. The number of aliphatic imine (C=N–C) groups is 1. The first kappa shape index (κ1) is 19.7. The molecule has 1 heterocycles. The largest absolute Gasteiger partial charge is 0.416 e. The topological polar surface area (TPSA) is 73.8 Å². The average molecular weight is 370 g/mol. The van der Waals surface area contributed by atoms with Crippen LogP contribution in [-0.4, -0.2) is 42.8 Å². The summed E-state index contributed by atoms with van der Waals surface area (Å²) in [5, 5.41) is 5.95. The number of piperidine rings is 1. The molecule has 1 aliphatic rings. The zero-order valence-electron chi connectivity index (χ0n) is 14.4. The lowest BCUT2D eigenvalue weighted by Crippen LogP contribution is -2.46. The molecule has 0 unspecified atom stereocenters. The molecule has 0 atom stereocenters. The van der Waals surface area contributed by atoms with Gasteiger partial charge in [0.15, 0.2) is 5.96 Å². The molecule has 1 fully saturated rings. The van der Waals surface area contributed by atoms with Crippen molar-refractivity contribution in [3.8, 4) is 0 Å². The molecule has 1 aromatic carbocycles. The van der Waals surface area contributed by atoms with E-state index < -0.39 is 11.7 Å². The summed E-state index contributed by atoms with van der Waals surface area (Å²) in [4.78, 5) is 28.7. The summed E-state index contributed by atoms with van der Waals surface area (Å²) in [7, 11) is 1.55. The molecule has 6 nitrogen and oxygen atoms in total. The lowest BCUT2D eigenvalue weighted by molar-refractivity contribution is -0.147. The predicted molar refractivity (Wildman–Crippen MR) is 90.2 cm³/mol. The highest BCUT2D eigenvalue weighted by Gasteiger charge is 2.30. The number of likely N-dealkylation sites (tertiary alicyclic amines) is 1. The Bertz CT molecular complexity index is 656. The maximum atomic E-state index is 12.5. The Morgan fingerprint density at radius 1 is 1.12 bits per heavy atom. The Morgan fingerprint density at radius 3 is 2.27 bits per heavy atom. The SMILES string of the molecule is CN=C(NCCN1C(=O)CCCC1=O)NCc1ccc(C(F)(F)F)cc1. The maximum absolute atomic E-state index is 12.5. The van der Waals surface area contributed by atoms with E-state index in [9.17, 15) is 22.8 Å². The van der Waals surface area contributed by atoms with Crippen LogP contribution in [-0.2, 0) is 22.3 Å². The van der Waals surface area contributed by atoms with Gasteiger partial charge in [0.2, 0.25) is 11.8 Å². The molecule has 2 N–H and O–H groups in total. The number of guanidine groups is 1. The van der Waals surface area contributed by atoms with Gasteiger partial charge in [-0.1, -0.05) is 12.1 Å². The van der Waals surface area contributed by atoms with Crippen LogP contribution in [0.3, 0.4) is 0 Å². The average Bonchev–Trinajstić information content (AvgIpc) is 2.59. The summed E-state index contributed by atoms with van der Waals surface area (Å²) in [5.41, 5.74) is -0.0260. The Kier molecular flexibility index (Phi) is 6.59. The van der Waals surface area contributed by atoms with Crippen molar-refractivity contribution in [1.82, 2.24) is 15.5 Å². The predicted octanol–water partition coefficient (Wildman–Crippen LogP) is 1.91. The number of hydrogen-bond acceptors (Lipinski definition) is 3. The quantitative estimate of drug-likeness (QED) is 0.472. The Hall–Kier alpha value is -2.58. The number of imide groups is 1. The van der Waals surface area contributed by atoms with Crippen LogP contribution in [0.2, 0.25) is 0 Å². The highest BCUT2D eigenvalue weighted by Crippen LogP contribution is 2.29. The van der Waals surface area contributed by atoms with Crippen molar-refractivity contribution in [3.63, 3.8) is 0 Å². The van der Waals surface area contributed by atoms with E-state index in [0.717, 1.165) is 12.1 Å². The Labute approximate surface area is 149 Å². The van der Waals surface area contributed by atoms with Crippen LogP contribution in [0.1, 0.15) is 30.4 Å². The number of halogens is 3. The molecule has 1 saturated heterocycles. The van der Waals surface area contributed by atoms with Gasteiger partial charge in [0, 0.05) is 39.5 Å². The number of hydrogen-bond donors (Lipinski definition) is 2. The number of rotatable bonds is 5. The fourth-order valence-electron chi connectivity index (χ4n) is 2.55. The number of amides is 2. The third kappa shape index (κ3) is 5.47. The third-order valence-corrected chi connectivity index (χ3v) is 3.98. The van der Waals surface area contributed by atoms with Crippen LogP contribution in [0, 0.1) is 0 Å². The third-order valence-electron chi connectivity index (χ3n) is 3.98. The van der Waals surface area contributed by atoms with Crippen molar-refractivity contribution in [2.24, 2.45) is 4.99 Å². The zero-order valence-corrected chi connectivity index (χ0v) is 14.4. The van der Waals surface area contributed by atoms with E-state index in [4.69, 9.17) is 0 Å². The minimum atomic E-state index is -4.35. The van der Waals surface area contributed by atoms with Gasteiger partial charge in [-0.05, 0) is 24.1 Å². The van der Waals surface area contributed by atoms with Crippen molar-refractivity contribution in [2.45, 2.75) is 32.0 Å². The number of carbonyl (C=O) groups is 2. The first-order chi connectivity index (χ1) is 12.3. The lowest BCUT2D eigenvalue weighted by atomic mass is 10.1. The second kappa shape index (κ2) is 8.68. The molecule has 2 rings (SSSR count). The molecular weight excluding hydrogens is 349 g/mol. The normalized spacial score (nSPS) is 16.0. The van der Waals surface area contributed by atoms with Gasteiger partial charge >= 0.3 is 6.18 Å². The second-order valence-corrected chi connectivity index (χ2v) is 5.84. The molecule has 142 valence electrons. The molecule has 0 aliphatic carbocycles. The first-order valence-corrected chi connectivity index (χ1v) is 8.25. The molecule has 2 amide bonds. The molecular formula is C17H21F3N4O2. The first-order valence-electron chi connectivity index (χ1n) is 8.25. The minimum absolute atomic E-state index is 0.171. The smallest absolute Gasteiger partial charge is 0.355 e. The van der Waals surface area contributed by atoms with Crippen LogP contribution >= 0.6 is 0 Å². The van der Waals surface area contributed by atoms with Crippen molar-refractivity contribution < 1.29 is 22.8 Å². The standard InChI is InChI=1S/C17H21F3N4O2/c1-21-16(22-9-10-24-14(25)3-2-4-15(24)26)23-11-12-5-7-13(8-6-12)17(18,19)20/h5-8H,2-4,9-11H2,1H3,(H2,21,22,23). The Morgan fingerprint density at radius 2 is 1.73 bits per heavy atom. The number of nitrogens with zero attached hydrogens (tertiary/aromatic N) is 2. The fourth-order valence-corrected chi connectivity index (χ4v) is 2.55. The summed E-state index contributed by atoms with van der Waals surface area (Å²) < 4.78 is 37.6. The van der Waals surface area contributed by atoms with Crippen molar-refractivity contribution in [2.75, 3.05) is 20.1 Å². The van der Waals surface area contributed by atoms with Crippen LogP contribution in [0.15, 0.2) is 29.3 Å². The highest BCUT2D eigenvalue weighted by atomic mass is 19.4. The van der Waals surface area contributed by atoms with E-state index in [1.807, 2.05) is 0 Å². The van der Waals surface area contributed by atoms with Crippen LogP contribution in [0.5, 0.6) is 0 Å². The van der Waals surface area contributed by atoms with Gasteiger partial charge in [-0.3, -0.25) is 19.5 Å². The number of nitrogens with one attached hydrogen (secondary N) is 2. The van der Waals surface area contributed by atoms with E-state index in [-0.39, 0.29) is 18.4 Å². The van der Waals surface area contributed by atoms with Crippen molar-refractivity contribution in [3.05, 3.63) is 35.4 Å². The summed E-state index contributed by atoms with van der Waals surface area (Å²) in [6, 6.07) is 4.85. The molecule has 1 aromatic rings. The van der Waals surface area contributed by atoms with E-state index in [2.05, 4.69) is 15.6 Å². The molecule has 0 radical (unpaired) electrons.